The van der Waals surface area contributed by atoms with E-state index < -0.39 is 0 Å². The van der Waals surface area contributed by atoms with Gasteiger partial charge in [0.15, 0.2) is 10.9 Å². The van der Waals surface area contributed by atoms with Gasteiger partial charge < -0.3 is 0 Å². The molecule has 4 heteroatoms. The van der Waals surface area contributed by atoms with Gasteiger partial charge in [-0.05, 0) is 25.5 Å². The van der Waals surface area contributed by atoms with Gasteiger partial charge in [-0.15, -0.1) is 0 Å². The lowest BCUT2D eigenvalue weighted by atomic mass is 10.0. The molecular weight excluding hydrogens is 316 g/mol. The molecule has 1 aromatic heterocycles. The average molecular weight is 334 g/mol. The number of aromatic nitrogens is 2. The Morgan fingerprint density at radius 1 is 0.875 bits per heavy atom. The summed E-state index contributed by atoms with van der Waals surface area (Å²) in [6.45, 7) is 4.05. The number of rotatable bonds is 5. The molecule has 0 radical (unpaired) electrons. The molecule has 0 saturated carbocycles. The third kappa shape index (κ3) is 3.89. The van der Waals surface area contributed by atoms with Gasteiger partial charge in [-0.25, -0.2) is 9.97 Å². The monoisotopic (exact) mass is 334 g/mol. The maximum absolute atomic E-state index is 13.1. The van der Waals surface area contributed by atoms with Crippen LogP contribution in [0.15, 0.2) is 72.1 Å². The molecule has 120 valence electrons. The predicted octanol–water partition coefficient (Wildman–Crippen LogP) is 4.81. The van der Waals surface area contributed by atoms with Crippen LogP contribution in [0, 0.1) is 13.8 Å². The van der Waals surface area contributed by atoms with E-state index in [2.05, 4.69) is 9.97 Å². The molecule has 24 heavy (non-hydrogen) atoms. The summed E-state index contributed by atoms with van der Waals surface area (Å²) >= 11 is 1.38. The van der Waals surface area contributed by atoms with Gasteiger partial charge in [-0.2, -0.15) is 0 Å². The van der Waals surface area contributed by atoms with Crippen molar-refractivity contribution >= 4 is 17.5 Å². The lowest BCUT2D eigenvalue weighted by Gasteiger charge is -2.15. The van der Waals surface area contributed by atoms with E-state index in [1.807, 2.05) is 62.4 Å². The molecule has 0 aliphatic carbocycles. The van der Waals surface area contributed by atoms with Gasteiger partial charge in [-0.3, -0.25) is 4.79 Å². The minimum absolute atomic E-state index is 0.0660. The summed E-state index contributed by atoms with van der Waals surface area (Å²) < 4.78 is 0. The molecule has 3 rings (SSSR count). The SMILES string of the molecule is Cc1ccc(C(=O)[C@H](Sc2ncccn2)c2ccc(C)cc2)cc1. The number of carbonyl (C=O) groups excluding carboxylic acids is 1. The lowest BCUT2D eigenvalue weighted by molar-refractivity contribution is 0.0989. The van der Waals surface area contributed by atoms with Gasteiger partial charge in [0.2, 0.25) is 0 Å². The van der Waals surface area contributed by atoms with Crippen molar-refractivity contribution < 1.29 is 4.79 Å². The minimum atomic E-state index is -0.365. The molecule has 0 aliphatic heterocycles. The highest BCUT2D eigenvalue weighted by molar-refractivity contribution is 8.00. The van der Waals surface area contributed by atoms with Crippen LogP contribution in [0.2, 0.25) is 0 Å². The van der Waals surface area contributed by atoms with Crippen molar-refractivity contribution in [3.63, 3.8) is 0 Å². The largest absolute Gasteiger partial charge is 0.293 e. The van der Waals surface area contributed by atoms with Gasteiger partial charge >= 0.3 is 0 Å². The van der Waals surface area contributed by atoms with E-state index in [0.29, 0.717) is 10.7 Å². The number of hydrogen-bond donors (Lipinski definition) is 0. The fraction of sp³-hybridized carbons (Fsp3) is 0.150. The summed E-state index contributed by atoms with van der Waals surface area (Å²) in [6, 6.07) is 17.5. The van der Waals surface area contributed by atoms with Crippen LogP contribution >= 0.6 is 11.8 Å². The van der Waals surface area contributed by atoms with Crippen LogP contribution in [0.4, 0.5) is 0 Å². The molecule has 0 N–H and O–H groups in total. The van der Waals surface area contributed by atoms with E-state index >= 15 is 0 Å². The van der Waals surface area contributed by atoms with E-state index in [0.717, 1.165) is 11.1 Å². The molecule has 0 saturated heterocycles. The maximum atomic E-state index is 13.1. The molecule has 3 nitrogen and oxygen atoms in total. The van der Waals surface area contributed by atoms with Gasteiger partial charge in [0.1, 0.15) is 5.25 Å². The van der Waals surface area contributed by atoms with Gasteiger partial charge in [0.05, 0.1) is 0 Å². The Hall–Kier alpha value is -2.46. The van der Waals surface area contributed by atoms with Crippen LogP contribution in [0.3, 0.4) is 0 Å². The van der Waals surface area contributed by atoms with E-state index in [9.17, 15) is 4.79 Å². The van der Waals surface area contributed by atoms with Crippen LogP contribution in [0.1, 0.15) is 32.3 Å². The first-order valence-corrected chi connectivity index (χ1v) is 8.62. The van der Waals surface area contributed by atoms with Crippen molar-refractivity contribution in [3.8, 4) is 0 Å². The number of thioether (sulfide) groups is 1. The van der Waals surface area contributed by atoms with Crippen LogP contribution in [-0.4, -0.2) is 15.8 Å². The second-order valence-electron chi connectivity index (χ2n) is 5.67. The summed E-state index contributed by atoms with van der Waals surface area (Å²) in [7, 11) is 0. The van der Waals surface area contributed by atoms with Crippen molar-refractivity contribution in [2.75, 3.05) is 0 Å². The topological polar surface area (TPSA) is 42.9 Å². The minimum Gasteiger partial charge on any atom is -0.293 e. The third-order valence-electron chi connectivity index (χ3n) is 3.72. The molecule has 0 unspecified atom stereocenters. The Labute approximate surface area is 146 Å². The smallest absolute Gasteiger partial charge is 0.188 e. The average Bonchev–Trinajstić information content (AvgIpc) is 2.62. The quantitative estimate of drug-likeness (QED) is 0.381. The summed E-state index contributed by atoms with van der Waals surface area (Å²) in [5, 5.41) is 0.235. The van der Waals surface area contributed by atoms with Crippen LogP contribution in [0.25, 0.3) is 0 Å². The fourth-order valence-electron chi connectivity index (χ4n) is 2.34. The van der Waals surface area contributed by atoms with E-state index in [-0.39, 0.29) is 11.0 Å². The van der Waals surface area contributed by atoms with Crippen molar-refractivity contribution in [1.29, 1.82) is 0 Å². The second-order valence-corrected chi connectivity index (χ2v) is 6.74. The van der Waals surface area contributed by atoms with Crippen LogP contribution in [0.5, 0.6) is 0 Å². The molecular formula is C20H18N2OS. The van der Waals surface area contributed by atoms with E-state index in [1.165, 1.54) is 17.3 Å². The van der Waals surface area contributed by atoms with Crippen molar-refractivity contribution in [1.82, 2.24) is 9.97 Å². The zero-order valence-electron chi connectivity index (χ0n) is 13.6. The molecule has 1 heterocycles. The Morgan fingerprint density at radius 2 is 1.42 bits per heavy atom. The first-order chi connectivity index (χ1) is 11.6. The number of carbonyl (C=O) groups is 1. The van der Waals surface area contributed by atoms with Crippen LogP contribution < -0.4 is 0 Å². The molecule has 3 aromatic rings. The van der Waals surface area contributed by atoms with Gasteiger partial charge in [0.25, 0.3) is 0 Å². The fourth-order valence-corrected chi connectivity index (χ4v) is 3.33. The van der Waals surface area contributed by atoms with E-state index in [1.54, 1.807) is 18.5 Å². The normalized spacial score (nSPS) is 11.9. The third-order valence-corrected chi connectivity index (χ3v) is 4.86. The standard InChI is InChI=1S/C20H18N2OS/c1-14-4-8-16(9-5-14)18(23)19(17-10-6-15(2)7-11-17)24-20-21-12-3-13-22-20/h3-13,19H,1-2H3/t19-/m1/s1. The molecule has 1 atom stereocenters. The molecule has 0 aliphatic rings. The summed E-state index contributed by atoms with van der Waals surface area (Å²) in [5.74, 6) is 0.0660. The molecule has 2 aromatic carbocycles. The molecule has 0 bridgehead atoms. The number of ketones is 1. The maximum Gasteiger partial charge on any atom is 0.188 e. The van der Waals surface area contributed by atoms with E-state index in [4.69, 9.17) is 0 Å². The molecule has 0 spiro atoms. The number of aryl methyl sites for hydroxylation is 2. The van der Waals surface area contributed by atoms with Crippen molar-refractivity contribution in [3.05, 3.63) is 89.2 Å². The lowest BCUT2D eigenvalue weighted by Crippen LogP contribution is -2.10. The van der Waals surface area contributed by atoms with Crippen LogP contribution in [-0.2, 0) is 0 Å². The van der Waals surface area contributed by atoms with Gasteiger partial charge in [0, 0.05) is 18.0 Å². The van der Waals surface area contributed by atoms with Crippen molar-refractivity contribution in [2.45, 2.75) is 24.3 Å². The number of hydrogen-bond acceptors (Lipinski definition) is 4. The molecule has 0 amide bonds. The van der Waals surface area contributed by atoms with Crippen molar-refractivity contribution in [2.24, 2.45) is 0 Å². The Bertz CT molecular complexity index is 815. The number of benzene rings is 2. The Balaban J connectivity index is 1.96. The zero-order valence-corrected chi connectivity index (χ0v) is 14.5. The number of nitrogens with zero attached hydrogens (tertiary/aromatic N) is 2. The summed E-state index contributed by atoms with van der Waals surface area (Å²) in [5.41, 5.74) is 3.97. The number of Topliss-reactive ketones (excluding diaryl/α,β-unsaturated/α-hetero) is 1. The summed E-state index contributed by atoms with van der Waals surface area (Å²) in [6.07, 6.45) is 3.38. The van der Waals surface area contributed by atoms with Gasteiger partial charge in [-0.1, -0.05) is 71.4 Å². The molecule has 0 fully saturated rings. The summed E-state index contributed by atoms with van der Waals surface area (Å²) in [4.78, 5) is 21.6. The highest BCUT2D eigenvalue weighted by atomic mass is 32.2. The second kappa shape index (κ2) is 7.41. The highest BCUT2D eigenvalue weighted by Gasteiger charge is 2.24. The Morgan fingerprint density at radius 3 is 2.00 bits per heavy atom. The Kier molecular flexibility index (Phi) is 5.06. The zero-order chi connectivity index (χ0) is 16.9. The first kappa shape index (κ1) is 16.4. The first-order valence-electron chi connectivity index (χ1n) is 7.74. The predicted molar refractivity (Wildman–Crippen MR) is 97.3 cm³/mol. The highest BCUT2D eigenvalue weighted by Crippen LogP contribution is 2.36.